The van der Waals surface area contributed by atoms with Crippen LogP contribution in [0, 0.1) is 5.41 Å². The van der Waals surface area contributed by atoms with E-state index in [2.05, 4.69) is 53.5 Å². The molecule has 1 atom stereocenters. The summed E-state index contributed by atoms with van der Waals surface area (Å²) in [5, 5.41) is 3.33. The SMILES string of the molecule is CCN1CCCC1CNC(=O)C1(Cc2cccc(-c3cccc(OC)c3)c2)CCOCC1. The fourth-order valence-corrected chi connectivity index (χ4v) is 5.24. The Morgan fingerprint density at radius 1 is 1.16 bits per heavy atom. The van der Waals surface area contributed by atoms with Crippen molar-refractivity contribution >= 4 is 5.91 Å². The Morgan fingerprint density at radius 2 is 1.91 bits per heavy atom. The maximum absolute atomic E-state index is 13.5. The van der Waals surface area contributed by atoms with E-state index in [9.17, 15) is 4.79 Å². The van der Waals surface area contributed by atoms with Gasteiger partial charge in [0.2, 0.25) is 5.91 Å². The molecule has 2 aliphatic heterocycles. The molecule has 32 heavy (non-hydrogen) atoms. The highest BCUT2D eigenvalue weighted by molar-refractivity contribution is 5.83. The maximum Gasteiger partial charge on any atom is 0.226 e. The highest BCUT2D eigenvalue weighted by atomic mass is 16.5. The molecule has 2 aliphatic rings. The first kappa shape index (κ1) is 22.8. The van der Waals surface area contributed by atoms with Gasteiger partial charge >= 0.3 is 0 Å². The number of likely N-dealkylation sites (tertiary alicyclic amines) is 1. The zero-order chi connectivity index (χ0) is 22.4. The lowest BCUT2D eigenvalue weighted by Crippen LogP contribution is -2.49. The van der Waals surface area contributed by atoms with Gasteiger partial charge in [0.25, 0.3) is 0 Å². The lowest BCUT2D eigenvalue weighted by Gasteiger charge is -2.36. The van der Waals surface area contributed by atoms with Crippen LogP contribution in [-0.4, -0.2) is 56.8 Å². The molecule has 1 amide bonds. The van der Waals surface area contributed by atoms with Gasteiger partial charge in [-0.1, -0.05) is 43.3 Å². The monoisotopic (exact) mass is 436 g/mol. The summed E-state index contributed by atoms with van der Waals surface area (Å²) in [6.07, 6.45) is 4.67. The second kappa shape index (κ2) is 10.5. The molecular formula is C27H36N2O3. The molecule has 0 aliphatic carbocycles. The smallest absolute Gasteiger partial charge is 0.226 e. The molecule has 2 aromatic carbocycles. The predicted octanol–water partition coefficient (Wildman–Crippen LogP) is 4.30. The molecule has 0 saturated carbocycles. The van der Waals surface area contributed by atoms with Crippen molar-refractivity contribution in [2.24, 2.45) is 5.41 Å². The second-order valence-electron chi connectivity index (χ2n) is 9.14. The van der Waals surface area contributed by atoms with Gasteiger partial charge in [-0.25, -0.2) is 0 Å². The lowest BCUT2D eigenvalue weighted by molar-refractivity contribution is -0.136. The van der Waals surface area contributed by atoms with Crippen LogP contribution in [0.2, 0.25) is 0 Å². The number of benzene rings is 2. The summed E-state index contributed by atoms with van der Waals surface area (Å²) in [4.78, 5) is 16.0. The van der Waals surface area contributed by atoms with E-state index >= 15 is 0 Å². The molecule has 0 spiro atoms. The highest BCUT2D eigenvalue weighted by Crippen LogP contribution is 2.36. The van der Waals surface area contributed by atoms with E-state index in [0.29, 0.717) is 19.3 Å². The van der Waals surface area contributed by atoms with Crippen LogP contribution in [0.1, 0.15) is 38.2 Å². The minimum atomic E-state index is -0.402. The van der Waals surface area contributed by atoms with Crippen molar-refractivity contribution in [2.75, 3.05) is 40.0 Å². The third kappa shape index (κ3) is 5.16. The van der Waals surface area contributed by atoms with Crippen molar-refractivity contribution in [2.45, 2.75) is 45.1 Å². The van der Waals surface area contributed by atoms with Crippen LogP contribution in [-0.2, 0) is 16.0 Å². The number of rotatable bonds is 8. The summed E-state index contributed by atoms with van der Waals surface area (Å²) in [7, 11) is 1.69. The predicted molar refractivity (Wildman–Crippen MR) is 128 cm³/mol. The van der Waals surface area contributed by atoms with Crippen LogP contribution in [0.15, 0.2) is 48.5 Å². The quantitative estimate of drug-likeness (QED) is 0.670. The molecule has 2 heterocycles. The Kier molecular flexibility index (Phi) is 7.48. The molecule has 5 heteroatoms. The summed E-state index contributed by atoms with van der Waals surface area (Å²) >= 11 is 0. The third-order valence-electron chi connectivity index (χ3n) is 7.21. The van der Waals surface area contributed by atoms with Gasteiger partial charge in [-0.2, -0.15) is 0 Å². The number of carbonyl (C=O) groups is 1. The Hall–Kier alpha value is -2.37. The van der Waals surface area contributed by atoms with Crippen molar-refractivity contribution in [3.8, 4) is 16.9 Å². The number of methoxy groups -OCH3 is 1. The Morgan fingerprint density at radius 3 is 2.66 bits per heavy atom. The fraction of sp³-hybridized carbons (Fsp3) is 0.519. The van der Waals surface area contributed by atoms with Gasteiger partial charge < -0.3 is 14.8 Å². The van der Waals surface area contributed by atoms with Gasteiger partial charge in [0.05, 0.1) is 12.5 Å². The Bertz CT molecular complexity index is 907. The standard InChI is InChI=1S/C27H36N2O3/c1-3-29-14-6-10-24(29)20-28-26(30)27(12-15-32-16-13-27)19-21-7-4-8-22(17-21)23-9-5-11-25(18-23)31-2/h4-5,7-9,11,17-18,24H,3,6,10,12-16,19-20H2,1-2H3,(H,28,30). The van der Waals surface area contributed by atoms with E-state index in [4.69, 9.17) is 9.47 Å². The zero-order valence-corrected chi connectivity index (χ0v) is 19.4. The highest BCUT2D eigenvalue weighted by Gasteiger charge is 2.40. The molecule has 0 radical (unpaired) electrons. The molecule has 2 saturated heterocycles. The molecule has 1 unspecified atom stereocenters. The van der Waals surface area contributed by atoms with E-state index in [0.717, 1.165) is 55.8 Å². The molecule has 4 rings (SSSR count). The van der Waals surface area contributed by atoms with Crippen LogP contribution in [0.5, 0.6) is 5.75 Å². The average molecular weight is 437 g/mol. The van der Waals surface area contributed by atoms with Crippen molar-refractivity contribution in [1.82, 2.24) is 10.2 Å². The molecule has 172 valence electrons. The number of hydrogen-bond donors (Lipinski definition) is 1. The van der Waals surface area contributed by atoms with Gasteiger partial charge in [-0.05, 0) is 74.0 Å². The van der Waals surface area contributed by atoms with E-state index in [1.807, 2.05) is 12.1 Å². The summed E-state index contributed by atoms with van der Waals surface area (Å²) in [6.45, 7) is 6.44. The van der Waals surface area contributed by atoms with Gasteiger partial charge in [0.1, 0.15) is 5.75 Å². The van der Waals surface area contributed by atoms with E-state index in [1.165, 1.54) is 18.4 Å². The second-order valence-corrected chi connectivity index (χ2v) is 9.14. The minimum absolute atomic E-state index is 0.190. The molecule has 1 N–H and O–H groups in total. The number of likely N-dealkylation sites (N-methyl/N-ethyl adjacent to an activating group) is 1. The minimum Gasteiger partial charge on any atom is -0.497 e. The molecule has 0 aromatic heterocycles. The molecule has 2 aromatic rings. The average Bonchev–Trinajstić information content (AvgIpc) is 3.31. The van der Waals surface area contributed by atoms with Crippen molar-refractivity contribution in [3.63, 3.8) is 0 Å². The zero-order valence-electron chi connectivity index (χ0n) is 19.4. The van der Waals surface area contributed by atoms with E-state index in [-0.39, 0.29) is 5.91 Å². The number of nitrogens with zero attached hydrogens (tertiary/aromatic N) is 1. The van der Waals surface area contributed by atoms with Crippen LogP contribution in [0.25, 0.3) is 11.1 Å². The summed E-state index contributed by atoms with van der Waals surface area (Å²) < 4.78 is 11.0. The fourth-order valence-electron chi connectivity index (χ4n) is 5.24. The van der Waals surface area contributed by atoms with Gasteiger partial charge in [0, 0.05) is 25.8 Å². The van der Waals surface area contributed by atoms with Crippen LogP contribution in [0.3, 0.4) is 0 Å². The van der Waals surface area contributed by atoms with Crippen molar-refractivity contribution in [1.29, 1.82) is 0 Å². The maximum atomic E-state index is 13.5. The number of hydrogen-bond acceptors (Lipinski definition) is 4. The first-order valence-corrected chi connectivity index (χ1v) is 12.0. The van der Waals surface area contributed by atoms with Gasteiger partial charge in [0.15, 0.2) is 0 Å². The molecule has 0 bridgehead atoms. The first-order chi connectivity index (χ1) is 15.6. The largest absolute Gasteiger partial charge is 0.497 e. The summed E-state index contributed by atoms with van der Waals surface area (Å²) in [5.41, 5.74) is 3.06. The Labute approximate surface area is 192 Å². The first-order valence-electron chi connectivity index (χ1n) is 12.0. The number of amides is 1. The van der Waals surface area contributed by atoms with Crippen molar-refractivity contribution < 1.29 is 14.3 Å². The molecular weight excluding hydrogens is 400 g/mol. The van der Waals surface area contributed by atoms with Crippen LogP contribution < -0.4 is 10.1 Å². The molecule has 5 nitrogen and oxygen atoms in total. The number of nitrogens with one attached hydrogen (secondary N) is 1. The normalized spacial score (nSPS) is 20.8. The summed E-state index contributed by atoms with van der Waals surface area (Å²) in [5.74, 6) is 1.04. The lowest BCUT2D eigenvalue weighted by atomic mass is 9.74. The van der Waals surface area contributed by atoms with E-state index < -0.39 is 5.41 Å². The van der Waals surface area contributed by atoms with Gasteiger partial charge in [-0.15, -0.1) is 0 Å². The topological polar surface area (TPSA) is 50.8 Å². The molecule has 2 fully saturated rings. The van der Waals surface area contributed by atoms with Crippen LogP contribution in [0.4, 0.5) is 0 Å². The van der Waals surface area contributed by atoms with Gasteiger partial charge in [-0.3, -0.25) is 9.69 Å². The van der Waals surface area contributed by atoms with Crippen LogP contribution >= 0.6 is 0 Å². The third-order valence-corrected chi connectivity index (χ3v) is 7.21. The van der Waals surface area contributed by atoms with Crippen molar-refractivity contribution in [3.05, 3.63) is 54.1 Å². The number of carbonyl (C=O) groups excluding carboxylic acids is 1. The summed E-state index contributed by atoms with van der Waals surface area (Å²) in [6, 6.07) is 17.2. The van der Waals surface area contributed by atoms with E-state index in [1.54, 1.807) is 7.11 Å². The Balaban J connectivity index is 1.50. The number of ether oxygens (including phenoxy) is 2.